The first-order valence-corrected chi connectivity index (χ1v) is 9.11. The monoisotopic (exact) mass is 396 g/mol. The molecule has 26 heavy (non-hydrogen) atoms. The van der Waals surface area contributed by atoms with Gasteiger partial charge in [-0.3, -0.25) is 4.79 Å². The number of hydrogen-bond acceptors (Lipinski definition) is 6. The molecule has 0 bridgehead atoms. The van der Waals surface area contributed by atoms with Crippen LogP contribution in [-0.4, -0.2) is 52.7 Å². The van der Waals surface area contributed by atoms with E-state index in [2.05, 4.69) is 4.98 Å². The van der Waals surface area contributed by atoms with Crippen LogP contribution in [0.4, 0.5) is 0 Å². The number of rotatable bonds is 5. The molecule has 9 heteroatoms. The van der Waals surface area contributed by atoms with Crippen LogP contribution in [0.2, 0.25) is 5.02 Å². The van der Waals surface area contributed by atoms with Crippen molar-refractivity contribution in [3.8, 4) is 5.75 Å². The van der Waals surface area contributed by atoms with E-state index in [1.54, 1.807) is 31.2 Å². The quantitative estimate of drug-likeness (QED) is 0.835. The van der Waals surface area contributed by atoms with Gasteiger partial charge < -0.3 is 19.5 Å². The smallest absolute Gasteiger partial charge is 0.328 e. The van der Waals surface area contributed by atoms with E-state index in [0.717, 1.165) is 0 Å². The minimum Gasteiger partial charge on any atom is -0.486 e. The summed E-state index contributed by atoms with van der Waals surface area (Å²) in [5, 5.41) is 10.6. The third-order valence-electron chi connectivity index (χ3n) is 3.89. The van der Waals surface area contributed by atoms with Gasteiger partial charge in [-0.2, -0.15) is 0 Å². The number of hydrogen-bond donors (Lipinski definition) is 1. The number of aryl methyl sites for hydroxylation is 1. The molecule has 2 aromatic rings. The predicted octanol–water partition coefficient (Wildman–Crippen LogP) is 2.61. The molecule has 0 radical (unpaired) electrons. The Bertz CT molecular complexity index is 808. The van der Waals surface area contributed by atoms with Crippen LogP contribution in [0.3, 0.4) is 0 Å². The van der Waals surface area contributed by atoms with Crippen molar-refractivity contribution in [2.24, 2.45) is 0 Å². The predicted molar refractivity (Wildman–Crippen MR) is 95.9 cm³/mol. The maximum Gasteiger partial charge on any atom is 0.328 e. The average molecular weight is 397 g/mol. The van der Waals surface area contributed by atoms with Gasteiger partial charge in [-0.05, 0) is 31.2 Å². The molecule has 2 heterocycles. The molecule has 1 aromatic heterocycles. The van der Waals surface area contributed by atoms with Gasteiger partial charge >= 0.3 is 5.97 Å². The molecule has 7 nitrogen and oxygen atoms in total. The normalized spacial score (nSPS) is 17.2. The second-order valence-electron chi connectivity index (χ2n) is 5.69. The lowest BCUT2D eigenvalue weighted by Gasteiger charge is -2.32. The first-order valence-electron chi connectivity index (χ1n) is 7.92. The maximum atomic E-state index is 12.8. The average Bonchev–Trinajstić information content (AvgIpc) is 3.01. The fourth-order valence-corrected chi connectivity index (χ4v) is 3.63. The first-order chi connectivity index (χ1) is 12.5. The zero-order chi connectivity index (χ0) is 18.7. The summed E-state index contributed by atoms with van der Waals surface area (Å²) in [7, 11) is 0. The van der Waals surface area contributed by atoms with Gasteiger partial charge in [0, 0.05) is 11.6 Å². The number of benzene rings is 1. The molecule has 1 aromatic carbocycles. The number of nitrogens with zero attached hydrogens (tertiary/aromatic N) is 2. The summed E-state index contributed by atoms with van der Waals surface area (Å²) in [4.78, 5) is 30.3. The Hall–Kier alpha value is -2.16. The Morgan fingerprint density at radius 2 is 2.15 bits per heavy atom. The van der Waals surface area contributed by atoms with Crippen molar-refractivity contribution in [2.45, 2.75) is 19.6 Å². The molecule has 0 aliphatic carbocycles. The molecule has 0 saturated carbocycles. The van der Waals surface area contributed by atoms with Crippen molar-refractivity contribution < 1.29 is 24.2 Å². The number of aromatic nitrogens is 1. The fraction of sp³-hybridized carbons (Fsp3) is 0.353. The first kappa shape index (κ1) is 18.6. The summed E-state index contributed by atoms with van der Waals surface area (Å²) in [6, 6.07) is 5.97. The van der Waals surface area contributed by atoms with Crippen LogP contribution < -0.4 is 4.74 Å². The van der Waals surface area contributed by atoms with Gasteiger partial charge in [0.25, 0.3) is 5.91 Å². The highest BCUT2D eigenvalue weighted by Gasteiger charge is 2.34. The van der Waals surface area contributed by atoms with Crippen LogP contribution in [-0.2, 0) is 16.1 Å². The van der Waals surface area contributed by atoms with E-state index in [0.29, 0.717) is 33.0 Å². The molecule has 138 valence electrons. The van der Waals surface area contributed by atoms with Crippen LogP contribution in [0.25, 0.3) is 0 Å². The van der Waals surface area contributed by atoms with Crippen LogP contribution in [0, 0.1) is 6.92 Å². The highest BCUT2D eigenvalue weighted by Crippen LogP contribution is 2.24. The topological polar surface area (TPSA) is 89.0 Å². The Kier molecular flexibility index (Phi) is 5.75. The van der Waals surface area contributed by atoms with E-state index in [9.17, 15) is 14.7 Å². The number of ether oxygens (including phenoxy) is 2. The van der Waals surface area contributed by atoms with Crippen molar-refractivity contribution in [3.05, 3.63) is 44.9 Å². The van der Waals surface area contributed by atoms with Gasteiger partial charge in [0.2, 0.25) is 0 Å². The Morgan fingerprint density at radius 3 is 2.85 bits per heavy atom. The second-order valence-corrected chi connectivity index (χ2v) is 7.21. The maximum absolute atomic E-state index is 12.8. The summed E-state index contributed by atoms with van der Waals surface area (Å²) in [6.07, 6.45) is 0. The molecule has 1 N–H and O–H groups in total. The highest BCUT2D eigenvalue weighted by molar-refractivity contribution is 7.13. The molecule has 1 fully saturated rings. The van der Waals surface area contributed by atoms with Crippen molar-refractivity contribution in [1.82, 2.24) is 9.88 Å². The molecule has 1 amide bonds. The molecule has 1 aliphatic rings. The molecule has 3 rings (SSSR count). The number of carbonyl (C=O) groups is 2. The molecule has 0 spiro atoms. The SMILES string of the molecule is Cc1nc(COc2ccc(Cl)cc2)sc1C(=O)N1CCOCC1C(=O)O. The van der Waals surface area contributed by atoms with Crippen molar-refractivity contribution in [1.29, 1.82) is 0 Å². The van der Waals surface area contributed by atoms with Gasteiger partial charge in [-0.15, -0.1) is 11.3 Å². The number of morpholine rings is 1. The van der Waals surface area contributed by atoms with E-state index >= 15 is 0 Å². The lowest BCUT2D eigenvalue weighted by molar-refractivity contribution is -0.147. The minimum atomic E-state index is -1.08. The third-order valence-corrected chi connectivity index (χ3v) is 5.26. The Balaban J connectivity index is 1.71. The van der Waals surface area contributed by atoms with Crippen LogP contribution in [0.1, 0.15) is 20.4 Å². The Labute approximate surface area is 159 Å². The summed E-state index contributed by atoms with van der Waals surface area (Å²) in [5.74, 6) is -0.769. The van der Waals surface area contributed by atoms with Gasteiger partial charge in [-0.1, -0.05) is 11.6 Å². The number of thiazole rings is 1. The van der Waals surface area contributed by atoms with E-state index in [1.807, 2.05) is 0 Å². The van der Waals surface area contributed by atoms with E-state index in [-0.39, 0.29) is 25.7 Å². The van der Waals surface area contributed by atoms with E-state index in [4.69, 9.17) is 21.1 Å². The number of aliphatic carboxylic acids is 1. The van der Waals surface area contributed by atoms with Gasteiger partial charge in [0.05, 0.1) is 18.9 Å². The number of carboxylic acid groups (broad SMARTS) is 1. The van der Waals surface area contributed by atoms with E-state index < -0.39 is 12.0 Å². The lowest BCUT2D eigenvalue weighted by atomic mass is 10.2. The van der Waals surface area contributed by atoms with Gasteiger partial charge in [-0.25, -0.2) is 9.78 Å². The fourth-order valence-electron chi connectivity index (χ4n) is 2.57. The molecule has 1 aliphatic heterocycles. The van der Waals surface area contributed by atoms with Crippen molar-refractivity contribution in [3.63, 3.8) is 0 Å². The molecular weight excluding hydrogens is 380 g/mol. The zero-order valence-electron chi connectivity index (χ0n) is 14.0. The van der Waals surface area contributed by atoms with Gasteiger partial charge in [0.1, 0.15) is 22.2 Å². The lowest BCUT2D eigenvalue weighted by Crippen LogP contribution is -2.52. The Morgan fingerprint density at radius 1 is 1.42 bits per heavy atom. The molecule has 1 atom stereocenters. The van der Waals surface area contributed by atoms with Gasteiger partial charge in [0.15, 0.2) is 6.04 Å². The summed E-state index contributed by atoms with van der Waals surface area (Å²) >= 11 is 7.05. The summed E-state index contributed by atoms with van der Waals surface area (Å²) in [5.41, 5.74) is 0.560. The molecule has 1 unspecified atom stereocenters. The van der Waals surface area contributed by atoms with Crippen LogP contribution >= 0.6 is 22.9 Å². The highest BCUT2D eigenvalue weighted by atomic mass is 35.5. The minimum absolute atomic E-state index is 0.00847. The van der Waals surface area contributed by atoms with Crippen LogP contribution in [0.5, 0.6) is 5.75 Å². The molecule has 1 saturated heterocycles. The second kappa shape index (κ2) is 8.03. The summed E-state index contributed by atoms with van der Waals surface area (Å²) < 4.78 is 10.8. The number of carboxylic acids is 1. The standard InChI is InChI=1S/C17H17ClN2O5S/c1-10-15(16(21)20-6-7-24-8-13(20)17(22)23)26-14(19-10)9-25-12-4-2-11(18)3-5-12/h2-5,13H,6-9H2,1H3,(H,22,23). The van der Waals surface area contributed by atoms with Crippen LogP contribution in [0.15, 0.2) is 24.3 Å². The zero-order valence-corrected chi connectivity index (χ0v) is 15.5. The van der Waals surface area contributed by atoms with Crippen molar-refractivity contribution in [2.75, 3.05) is 19.8 Å². The molecular formula is C17H17ClN2O5S. The number of amides is 1. The number of halogens is 1. The van der Waals surface area contributed by atoms with Crippen molar-refractivity contribution >= 4 is 34.8 Å². The largest absolute Gasteiger partial charge is 0.486 e. The summed E-state index contributed by atoms with van der Waals surface area (Å²) in [6.45, 7) is 2.49. The number of carbonyl (C=O) groups excluding carboxylic acids is 1. The third kappa shape index (κ3) is 4.14. The van der Waals surface area contributed by atoms with E-state index in [1.165, 1.54) is 16.2 Å².